The van der Waals surface area contributed by atoms with Crippen molar-refractivity contribution in [3.63, 3.8) is 0 Å². The van der Waals surface area contributed by atoms with E-state index >= 15 is 0 Å². The van der Waals surface area contributed by atoms with Gasteiger partial charge in [0.25, 0.3) is 0 Å². The van der Waals surface area contributed by atoms with E-state index in [9.17, 15) is 19.8 Å². The Balaban J connectivity index is 1.49. The first-order valence-electron chi connectivity index (χ1n) is 16.2. The fourth-order valence-electron chi connectivity index (χ4n) is 7.17. The van der Waals surface area contributed by atoms with Gasteiger partial charge in [0, 0.05) is 38.9 Å². The molecule has 258 valence electrons. The zero-order valence-corrected chi connectivity index (χ0v) is 28.2. The SMILES string of the molecule is CO[C@@]12C=C[C@@](C)(O1)[C@@H](OC(=O)/C=C/c1cn(C)cn1)C[C@H]1C(C)=CC[C@H](C(C)C)[C@H]1/C=C\2CO[C@H]1OC[C@H](O)[C@H](O)[C@H]1OC(C)=O. The van der Waals surface area contributed by atoms with Crippen LogP contribution in [-0.4, -0.2) is 94.1 Å². The van der Waals surface area contributed by atoms with Crippen molar-refractivity contribution in [2.45, 2.75) is 89.6 Å². The number of aryl methyl sites for hydroxylation is 1. The van der Waals surface area contributed by atoms with Crippen LogP contribution in [0.4, 0.5) is 0 Å². The molecule has 0 aromatic carbocycles. The molecule has 47 heavy (non-hydrogen) atoms. The van der Waals surface area contributed by atoms with Crippen molar-refractivity contribution in [1.29, 1.82) is 0 Å². The number of esters is 2. The maximum Gasteiger partial charge on any atom is 0.331 e. The van der Waals surface area contributed by atoms with E-state index in [0.29, 0.717) is 23.6 Å². The number of fused-ring (bicyclic) bond motifs is 3. The number of imidazole rings is 1. The van der Waals surface area contributed by atoms with Crippen molar-refractivity contribution >= 4 is 18.0 Å². The molecule has 1 aromatic heterocycles. The van der Waals surface area contributed by atoms with E-state index < -0.39 is 54.0 Å². The second-order valence-corrected chi connectivity index (χ2v) is 13.6. The number of nitrogens with zero attached hydrogens (tertiary/aromatic N) is 2. The zero-order chi connectivity index (χ0) is 34.1. The highest BCUT2D eigenvalue weighted by molar-refractivity contribution is 5.86. The third-order valence-corrected chi connectivity index (χ3v) is 9.88. The average Bonchev–Trinajstić information content (AvgIpc) is 3.61. The van der Waals surface area contributed by atoms with E-state index in [1.54, 1.807) is 30.3 Å². The van der Waals surface area contributed by atoms with Crippen LogP contribution >= 0.6 is 0 Å². The quantitative estimate of drug-likeness (QED) is 0.229. The Labute approximate surface area is 276 Å². The van der Waals surface area contributed by atoms with E-state index in [0.717, 1.165) is 6.42 Å². The predicted molar refractivity (Wildman–Crippen MR) is 170 cm³/mol. The zero-order valence-electron chi connectivity index (χ0n) is 28.2. The number of carbonyl (C=O) groups excluding carboxylic acids is 2. The van der Waals surface area contributed by atoms with E-state index in [2.05, 4.69) is 37.9 Å². The highest BCUT2D eigenvalue weighted by atomic mass is 16.7. The highest BCUT2D eigenvalue weighted by Crippen LogP contribution is 2.49. The van der Waals surface area contributed by atoms with Crippen LogP contribution in [0.1, 0.15) is 53.2 Å². The summed E-state index contributed by atoms with van der Waals surface area (Å²) in [6, 6.07) is 0. The number of carbonyl (C=O) groups is 2. The largest absolute Gasteiger partial charge is 0.456 e. The fourth-order valence-corrected chi connectivity index (χ4v) is 7.17. The fraction of sp³-hybridized carbons (Fsp3) is 0.629. The molecule has 0 saturated carbocycles. The lowest BCUT2D eigenvalue weighted by Crippen LogP contribution is -2.55. The van der Waals surface area contributed by atoms with Gasteiger partial charge in [0.05, 0.1) is 25.2 Å². The molecule has 0 spiro atoms. The van der Waals surface area contributed by atoms with Crippen LogP contribution in [0, 0.1) is 23.7 Å². The van der Waals surface area contributed by atoms with Crippen molar-refractivity contribution in [1.82, 2.24) is 9.55 Å². The Morgan fingerprint density at radius 2 is 2.00 bits per heavy atom. The number of hydrogen-bond acceptors (Lipinski definition) is 11. The molecular weight excluding hydrogens is 608 g/mol. The van der Waals surface area contributed by atoms with Gasteiger partial charge in [-0.2, -0.15) is 0 Å². The molecule has 2 N–H and O–H groups in total. The van der Waals surface area contributed by atoms with Crippen LogP contribution in [0.25, 0.3) is 6.08 Å². The van der Waals surface area contributed by atoms with Gasteiger partial charge in [0.1, 0.15) is 23.9 Å². The van der Waals surface area contributed by atoms with Gasteiger partial charge >= 0.3 is 11.9 Å². The summed E-state index contributed by atoms with van der Waals surface area (Å²) >= 11 is 0. The predicted octanol–water partition coefficient (Wildman–Crippen LogP) is 3.24. The molecule has 0 unspecified atom stereocenters. The molecule has 4 heterocycles. The number of allylic oxidation sites excluding steroid dienone is 3. The summed E-state index contributed by atoms with van der Waals surface area (Å²) in [7, 11) is 3.40. The van der Waals surface area contributed by atoms with Crippen LogP contribution in [0.3, 0.4) is 0 Å². The number of ether oxygens (including phenoxy) is 6. The monoisotopic (exact) mass is 656 g/mol. The molecule has 5 rings (SSSR count). The first-order chi connectivity index (χ1) is 22.2. The van der Waals surface area contributed by atoms with E-state index in [1.807, 2.05) is 26.1 Å². The van der Waals surface area contributed by atoms with Crippen molar-refractivity contribution in [2.24, 2.45) is 30.7 Å². The molecule has 10 atom stereocenters. The van der Waals surface area contributed by atoms with Crippen molar-refractivity contribution in [3.05, 3.63) is 59.7 Å². The molecule has 1 fully saturated rings. The van der Waals surface area contributed by atoms with Gasteiger partial charge in [0.2, 0.25) is 5.79 Å². The van der Waals surface area contributed by atoms with E-state index in [4.69, 9.17) is 28.4 Å². The topological polar surface area (TPSA) is 148 Å². The van der Waals surface area contributed by atoms with Gasteiger partial charge in [-0.25, -0.2) is 9.78 Å². The molecule has 2 bridgehead atoms. The summed E-state index contributed by atoms with van der Waals surface area (Å²) in [4.78, 5) is 29.4. The Kier molecular flexibility index (Phi) is 10.6. The number of aliphatic hydroxyl groups is 2. The van der Waals surface area contributed by atoms with Crippen LogP contribution < -0.4 is 0 Å². The lowest BCUT2D eigenvalue weighted by molar-refractivity contribution is -0.277. The minimum absolute atomic E-state index is 0.0137. The van der Waals surface area contributed by atoms with Crippen LogP contribution in [-0.2, 0) is 45.1 Å². The van der Waals surface area contributed by atoms with Crippen molar-refractivity contribution in [2.75, 3.05) is 20.3 Å². The molecule has 12 heteroatoms. The third kappa shape index (κ3) is 7.48. The van der Waals surface area contributed by atoms with Gasteiger partial charge in [-0.05, 0) is 68.6 Å². The highest BCUT2D eigenvalue weighted by Gasteiger charge is 2.54. The van der Waals surface area contributed by atoms with Gasteiger partial charge in [-0.1, -0.05) is 31.6 Å². The van der Waals surface area contributed by atoms with Gasteiger partial charge in [-0.15, -0.1) is 0 Å². The number of aliphatic hydroxyl groups excluding tert-OH is 2. The number of rotatable bonds is 9. The molecular formula is C35H48N2O10. The maximum atomic E-state index is 13.3. The lowest BCUT2D eigenvalue weighted by Gasteiger charge is -2.41. The van der Waals surface area contributed by atoms with Crippen molar-refractivity contribution < 1.29 is 48.2 Å². The van der Waals surface area contributed by atoms with E-state index in [1.165, 1.54) is 18.6 Å². The second kappa shape index (κ2) is 14.2. The Morgan fingerprint density at radius 3 is 2.66 bits per heavy atom. The summed E-state index contributed by atoms with van der Waals surface area (Å²) in [5.74, 6) is -1.90. The van der Waals surface area contributed by atoms with Gasteiger partial charge < -0.3 is 43.2 Å². The van der Waals surface area contributed by atoms with Crippen LogP contribution in [0.5, 0.6) is 0 Å². The molecule has 0 amide bonds. The number of aromatic nitrogens is 2. The minimum atomic E-state index is -1.39. The molecule has 1 saturated heterocycles. The second-order valence-electron chi connectivity index (χ2n) is 13.6. The summed E-state index contributed by atoms with van der Waals surface area (Å²) in [6.07, 6.45) is 10.3. The molecule has 4 aliphatic rings. The average molecular weight is 657 g/mol. The number of methoxy groups -OCH3 is 1. The Morgan fingerprint density at radius 1 is 1.23 bits per heavy atom. The first kappa shape index (κ1) is 35.2. The maximum absolute atomic E-state index is 13.3. The Bertz CT molecular complexity index is 1430. The third-order valence-electron chi connectivity index (χ3n) is 9.88. The molecule has 12 nitrogen and oxygen atoms in total. The van der Waals surface area contributed by atoms with Crippen LogP contribution in [0.2, 0.25) is 0 Å². The minimum Gasteiger partial charge on any atom is -0.456 e. The molecule has 3 aliphatic heterocycles. The standard InChI is InChI=1S/C35H48N2O10/c1-20(2)25-10-8-21(3)26-15-29(46-30(40)11-9-24-16-37(6)19-36-24)34(5)12-13-35(42-7,47-34)23(14-27(25)26)17-43-33-32(45-22(4)38)31(41)28(39)18-44-33/h8-9,11-14,16,19-20,25-29,31-33,39,41H,10,15,17-18H2,1-7H3/b11-9+,23-14-/t25-,26+,27-,28+,29+,31+,32-,33+,34-,35+/m1/s1. The van der Waals surface area contributed by atoms with E-state index in [-0.39, 0.29) is 31.0 Å². The smallest absolute Gasteiger partial charge is 0.331 e. The summed E-state index contributed by atoms with van der Waals surface area (Å²) in [5.41, 5.74) is 1.43. The molecule has 0 radical (unpaired) electrons. The van der Waals surface area contributed by atoms with Crippen molar-refractivity contribution in [3.8, 4) is 0 Å². The van der Waals surface area contributed by atoms with Gasteiger partial charge in [-0.3, -0.25) is 4.79 Å². The van der Waals surface area contributed by atoms with Gasteiger partial charge in [0.15, 0.2) is 12.4 Å². The number of hydrogen-bond donors (Lipinski definition) is 2. The summed E-state index contributed by atoms with van der Waals surface area (Å²) in [5, 5.41) is 20.8. The first-order valence-corrected chi connectivity index (χ1v) is 16.2. The Hall–Kier alpha value is -3.13. The van der Waals surface area contributed by atoms with Crippen LogP contribution in [0.15, 0.2) is 54.1 Å². The summed E-state index contributed by atoms with van der Waals surface area (Å²) < 4.78 is 38.1. The molecule has 1 aromatic rings. The molecule has 1 aliphatic carbocycles. The normalized spacial score (nSPS) is 38.2. The summed E-state index contributed by atoms with van der Waals surface area (Å²) in [6.45, 7) is 9.36. The lowest BCUT2D eigenvalue weighted by atomic mass is 9.65.